The van der Waals surface area contributed by atoms with E-state index < -0.39 is 5.97 Å². The van der Waals surface area contributed by atoms with Crippen molar-refractivity contribution in [1.82, 2.24) is 15.0 Å². The zero-order chi connectivity index (χ0) is 11.8. The van der Waals surface area contributed by atoms with Crippen LogP contribution in [-0.4, -0.2) is 26.0 Å². The molecule has 0 fully saturated rings. The van der Waals surface area contributed by atoms with Crippen LogP contribution in [0.2, 0.25) is 0 Å². The van der Waals surface area contributed by atoms with Gasteiger partial charge in [-0.15, -0.1) is 11.3 Å². The fourth-order valence-corrected chi connectivity index (χ4v) is 2.70. The van der Waals surface area contributed by atoms with Crippen molar-refractivity contribution in [1.29, 1.82) is 0 Å². The van der Waals surface area contributed by atoms with Crippen LogP contribution in [0.4, 0.5) is 0 Å². The summed E-state index contributed by atoms with van der Waals surface area (Å²) >= 11 is 1.16. The van der Waals surface area contributed by atoms with Gasteiger partial charge in [-0.05, 0) is 12.1 Å². The lowest BCUT2D eigenvalue weighted by Gasteiger charge is -1.96. The van der Waals surface area contributed by atoms with Gasteiger partial charge in [0.15, 0.2) is 0 Å². The molecule has 0 saturated heterocycles. The van der Waals surface area contributed by atoms with Gasteiger partial charge in [0, 0.05) is 24.0 Å². The second kappa shape index (κ2) is 3.67. The number of thiophene rings is 1. The summed E-state index contributed by atoms with van der Waals surface area (Å²) < 4.78 is 0. The number of fused-ring (bicyclic) bond motifs is 1. The highest BCUT2D eigenvalue weighted by Gasteiger charge is 2.20. The summed E-state index contributed by atoms with van der Waals surface area (Å²) in [4.78, 5) is 23.4. The van der Waals surface area contributed by atoms with E-state index in [0.29, 0.717) is 16.2 Å². The molecule has 0 unspecified atom stereocenters. The van der Waals surface area contributed by atoms with Gasteiger partial charge in [0.2, 0.25) is 0 Å². The summed E-state index contributed by atoms with van der Waals surface area (Å²) in [5.74, 6) is -0.402. The normalized spacial score (nSPS) is 10.8. The van der Waals surface area contributed by atoms with Crippen molar-refractivity contribution in [3.05, 3.63) is 35.6 Å². The van der Waals surface area contributed by atoms with Gasteiger partial charge in [-0.25, -0.2) is 14.8 Å². The maximum absolute atomic E-state index is 11.2. The first-order chi connectivity index (χ1) is 8.27. The van der Waals surface area contributed by atoms with Crippen LogP contribution in [0, 0.1) is 0 Å². The fraction of sp³-hybridized carbons (Fsp3) is 0. The van der Waals surface area contributed by atoms with E-state index in [-0.39, 0.29) is 4.88 Å². The maximum atomic E-state index is 11.2. The Morgan fingerprint density at radius 3 is 2.94 bits per heavy atom. The molecule has 0 aliphatic heterocycles. The lowest BCUT2D eigenvalue weighted by atomic mass is 10.1. The predicted octanol–water partition coefficient (Wildman–Crippen LogP) is 2.38. The van der Waals surface area contributed by atoms with Crippen molar-refractivity contribution >= 4 is 27.5 Å². The lowest BCUT2D eigenvalue weighted by molar-refractivity contribution is 0.0703. The molecule has 17 heavy (non-hydrogen) atoms. The Labute approximate surface area is 99.8 Å². The van der Waals surface area contributed by atoms with Gasteiger partial charge in [0.05, 0.1) is 5.56 Å². The molecule has 5 nitrogen and oxygen atoms in total. The van der Waals surface area contributed by atoms with Crippen LogP contribution < -0.4 is 0 Å². The molecule has 3 aromatic heterocycles. The third kappa shape index (κ3) is 1.50. The number of aromatic amines is 1. The Kier molecular flexibility index (Phi) is 2.15. The molecule has 0 amide bonds. The Morgan fingerprint density at radius 2 is 2.24 bits per heavy atom. The molecule has 3 heterocycles. The molecule has 3 rings (SSSR count). The second-order valence-corrected chi connectivity index (χ2v) is 4.40. The Balaban J connectivity index is 2.40. The number of nitrogens with one attached hydrogen (secondary N) is 1. The zero-order valence-electron chi connectivity index (χ0n) is 8.54. The van der Waals surface area contributed by atoms with E-state index in [1.165, 1.54) is 0 Å². The Hall–Kier alpha value is -2.21. The van der Waals surface area contributed by atoms with Gasteiger partial charge < -0.3 is 10.1 Å². The van der Waals surface area contributed by atoms with Crippen molar-refractivity contribution in [2.45, 2.75) is 0 Å². The van der Waals surface area contributed by atoms with E-state index in [4.69, 9.17) is 0 Å². The minimum absolute atomic E-state index is 0.258. The third-order valence-corrected chi connectivity index (χ3v) is 3.50. The van der Waals surface area contributed by atoms with E-state index in [9.17, 15) is 9.90 Å². The number of aromatic carboxylic acids is 1. The quantitative estimate of drug-likeness (QED) is 0.726. The third-order valence-electron chi connectivity index (χ3n) is 2.40. The summed E-state index contributed by atoms with van der Waals surface area (Å²) in [5, 5.41) is 10.0. The van der Waals surface area contributed by atoms with Crippen LogP contribution in [-0.2, 0) is 0 Å². The summed E-state index contributed by atoms with van der Waals surface area (Å²) in [6.45, 7) is 0. The first-order valence-electron chi connectivity index (χ1n) is 4.88. The van der Waals surface area contributed by atoms with E-state index in [2.05, 4.69) is 15.0 Å². The van der Waals surface area contributed by atoms with Crippen LogP contribution in [0.5, 0.6) is 0 Å². The van der Waals surface area contributed by atoms with Gasteiger partial charge in [-0.1, -0.05) is 0 Å². The molecule has 0 bridgehead atoms. The SMILES string of the molecule is O=C(O)c1sc2ncccc2c1-c1ncc[nH]1. The molecule has 3 aromatic rings. The smallest absolute Gasteiger partial charge is 0.346 e. The second-order valence-electron chi connectivity index (χ2n) is 3.41. The Bertz CT molecular complexity index is 688. The minimum Gasteiger partial charge on any atom is -0.477 e. The molecular weight excluding hydrogens is 238 g/mol. The largest absolute Gasteiger partial charge is 0.477 e. The molecule has 84 valence electrons. The van der Waals surface area contributed by atoms with Crippen LogP contribution >= 0.6 is 11.3 Å². The van der Waals surface area contributed by atoms with Crippen LogP contribution in [0.3, 0.4) is 0 Å². The summed E-state index contributed by atoms with van der Waals surface area (Å²) in [6.07, 6.45) is 4.91. The van der Waals surface area contributed by atoms with Crippen molar-refractivity contribution in [2.75, 3.05) is 0 Å². The summed E-state index contributed by atoms with van der Waals surface area (Å²) in [6, 6.07) is 3.64. The van der Waals surface area contributed by atoms with E-state index in [1.807, 2.05) is 6.07 Å². The van der Waals surface area contributed by atoms with Gasteiger partial charge in [0.1, 0.15) is 15.5 Å². The topological polar surface area (TPSA) is 78.9 Å². The van der Waals surface area contributed by atoms with Crippen LogP contribution in [0.1, 0.15) is 9.67 Å². The van der Waals surface area contributed by atoms with Crippen LogP contribution in [0.15, 0.2) is 30.7 Å². The number of H-pyrrole nitrogens is 1. The highest BCUT2D eigenvalue weighted by Crippen LogP contribution is 2.35. The monoisotopic (exact) mass is 245 g/mol. The number of carbonyl (C=O) groups is 1. The summed E-state index contributed by atoms with van der Waals surface area (Å²) in [5.41, 5.74) is 0.607. The number of aromatic nitrogens is 3. The van der Waals surface area contributed by atoms with Gasteiger partial charge >= 0.3 is 5.97 Å². The predicted molar refractivity (Wildman–Crippen MR) is 64.2 cm³/mol. The molecule has 6 heteroatoms. The molecule has 2 N–H and O–H groups in total. The number of nitrogens with zero attached hydrogens (tertiary/aromatic N) is 2. The van der Waals surface area contributed by atoms with E-state index in [1.54, 1.807) is 24.7 Å². The van der Waals surface area contributed by atoms with Crippen molar-refractivity contribution in [3.8, 4) is 11.4 Å². The molecule has 0 aliphatic rings. The highest BCUT2D eigenvalue weighted by atomic mass is 32.1. The number of pyridine rings is 1. The first kappa shape index (κ1) is 9.98. The fourth-order valence-electron chi connectivity index (χ4n) is 1.72. The van der Waals surface area contributed by atoms with Crippen molar-refractivity contribution in [3.63, 3.8) is 0 Å². The molecule has 0 aromatic carbocycles. The first-order valence-corrected chi connectivity index (χ1v) is 5.69. The number of hydrogen-bond donors (Lipinski definition) is 2. The average molecular weight is 245 g/mol. The van der Waals surface area contributed by atoms with Gasteiger partial charge in [0.25, 0.3) is 0 Å². The number of hydrogen-bond acceptors (Lipinski definition) is 4. The van der Waals surface area contributed by atoms with Crippen LogP contribution in [0.25, 0.3) is 21.6 Å². The number of rotatable bonds is 2. The van der Waals surface area contributed by atoms with Gasteiger partial charge in [-0.3, -0.25) is 0 Å². The molecular formula is C11H7N3O2S. The lowest BCUT2D eigenvalue weighted by Crippen LogP contribution is -1.95. The number of carboxylic acid groups (broad SMARTS) is 1. The van der Waals surface area contributed by atoms with E-state index >= 15 is 0 Å². The number of carboxylic acids is 1. The van der Waals surface area contributed by atoms with Gasteiger partial charge in [-0.2, -0.15) is 0 Å². The average Bonchev–Trinajstić information content (AvgIpc) is 2.94. The van der Waals surface area contributed by atoms with Crippen molar-refractivity contribution in [2.24, 2.45) is 0 Å². The molecule has 0 saturated carbocycles. The maximum Gasteiger partial charge on any atom is 0.346 e. The zero-order valence-corrected chi connectivity index (χ0v) is 9.36. The molecule has 0 radical (unpaired) electrons. The van der Waals surface area contributed by atoms with Crippen molar-refractivity contribution < 1.29 is 9.90 Å². The Morgan fingerprint density at radius 1 is 1.35 bits per heavy atom. The standard InChI is InChI=1S/C11H7N3O2S/c15-11(16)8-7(9-12-4-5-13-9)6-2-1-3-14-10(6)17-8/h1-5H,(H,12,13)(H,15,16). The molecule has 0 spiro atoms. The summed E-state index contributed by atoms with van der Waals surface area (Å²) in [7, 11) is 0. The van der Waals surface area contributed by atoms with E-state index in [0.717, 1.165) is 16.7 Å². The number of imidazole rings is 1. The minimum atomic E-state index is -0.959. The highest BCUT2D eigenvalue weighted by molar-refractivity contribution is 7.21. The molecule has 0 atom stereocenters. The molecule has 0 aliphatic carbocycles.